The van der Waals surface area contributed by atoms with Gasteiger partial charge in [-0.2, -0.15) is 5.26 Å². The summed E-state index contributed by atoms with van der Waals surface area (Å²) in [7, 11) is 3.21. The van der Waals surface area contributed by atoms with Crippen LogP contribution in [0.4, 0.5) is 10.5 Å². The highest BCUT2D eigenvalue weighted by atomic mass is 32.2. The Kier molecular flexibility index (Phi) is 5.54. The van der Waals surface area contributed by atoms with Crippen LogP contribution in [0.2, 0.25) is 0 Å². The van der Waals surface area contributed by atoms with E-state index in [0.29, 0.717) is 29.3 Å². The molecule has 0 radical (unpaired) electrons. The number of nitrogens with zero attached hydrogens (tertiary/aromatic N) is 2. The van der Waals surface area contributed by atoms with Gasteiger partial charge in [-0.15, -0.1) is 11.8 Å². The molecule has 2 aromatic carbocycles. The van der Waals surface area contributed by atoms with E-state index in [1.165, 1.54) is 0 Å². The van der Waals surface area contributed by atoms with Crippen molar-refractivity contribution in [1.29, 1.82) is 5.26 Å². The van der Waals surface area contributed by atoms with Gasteiger partial charge in [0.1, 0.15) is 16.9 Å². The maximum absolute atomic E-state index is 12.7. The third-order valence-electron chi connectivity index (χ3n) is 4.08. The first-order valence-corrected chi connectivity index (χ1v) is 9.12. The number of urea groups is 1. The van der Waals surface area contributed by atoms with E-state index < -0.39 is 0 Å². The predicted molar refractivity (Wildman–Crippen MR) is 102 cm³/mol. The second-order valence-electron chi connectivity index (χ2n) is 5.68. The minimum absolute atomic E-state index is 0.114. The van der Waals surface area contributed by atoms with Gasteiger partial charge in [-0.05, 0) is 42.0 Å². The molecule has 0 aromatic heterocycles. The van der Waals surface area contributed by atoms with E-state index in [0.717, 1.165) is 11.3 Å². The predicted octanol–water partition coefficient (Wildman–Crippen LogP) is 3.85. The highest BCUT2D eigenvalue weighted by molar-refractivity contribution is 7.99. The van der Waals surface area contributed by atoms with Crippen molar-refractivity contribution in [3.8, 4) is 17.6 Å². The van der Waals surface area contributed by atoms with Crippen LogP contribution in [0.5, 0.6) is 11.5 Å². The number of hydrogen-bond acceptors (Lipinski definition) is 5. The van der Waals surface area contributed by atoms with Gasteiger partial charge in [0.2, 0.25) is 0 Å². The lowest BCUT2D eigenvalue weighted by molar-refractivity contribution is 0.214. The first-order chi connectivity index (χ1) is 12.6. The molecular formula is C19H19N3O3S. The summed E-state index contributed by atoms with van der Waals surface area (Å²) >= 11 is 1.70. The van der Waals surface area contributed by atoms with E-state index in [1.54, 1.807) is 55.1 Å². The summed E-state index contributed by atoms with van der Waals surface area (Å²) in [5, 5.41) is 11.6. The van der Waals surface area contributed by atoms with Crippen molar-refractivity contribution in [3.63, 3.8) is 0 Å². The lowest BCUT2D eigenvalue weighted by Crippen LogP contribution is -2.34. The third-order valence-corrected chi connectivity index (χ3v) is 5.34. The second kappa shape index (κ2) is 8.02. The molecule has 1 heterocycles. The molecule has 134 valence electrons. The Labute approximate surface area is 156 Å². The fourth-order valence-electron chi connectivity index (χ4n) is 2.75. The van der Waals surface area contributed by atoms with Crippen LogP contribution in [-0.4, -0.2) is 37.4 Å². The van der Waals surface area contributed by atoms with Gasteiger partial charge in [-0.3, -0.25) is 0 Å². The van der Waals surface area contributed by atoms with E-state index in [9.17, 15) is 4.79 Å². The van der Waals surface area contributed by atoms with E-state index in [1.807, 2.05) is 18.2 Å². The normalized spacial score (nSPS) is 16.0. The molecule has 2 amide bonds. The van der Waals surface area contributed by atoms with Gasteiger partial charge in [0.15, 0.2) is 0 Å². The number of anilines is 1. The van der Waals surface area contributed by atoms with E-state index in [2.05, 4.69) is 11.4 Å². The monoisotopic (exact) mass is 369 g/mol. The number of nitrogens with one attached hydrogen (secondary N) is 1. The van der Waals surface area contributed by atoms with Crippen LogP contribution in [0.1, 0.15) is 16.5 Å². The number of amides is 2. The lowest BCUT2D eigenvalue weighted by atomic mass is 10.2. The molecule has 1 saturated heterocycles. The molecule has 2 aromatic rings. The summed E-state index contributed by atoms with van der Waals surface area (Å²) in [4.78, 5) is 14.5. The van der Waals surface area contributed by atoms with Gasteiger partial charge in [0, 0.05) is 24.1 Å². The number of benzene rings is 2. The van der Waals surface area contributed by atoms with E-state index in [4.69, 9.17) is 14.7 Å². The summed E-state index contributed by atoms with van der Waals surface area (Å²) in [5.74, 6) is 2.24. The highest BCUT2D eigenvalue weighted by Crippen LogP contribution is 2.40. The Morgan fingerprint density at radius 2 is 1.85 bits per heavy atom. The molecule has 0 unspecified atom stereocenters. The molecule has 1 N–H and O–H groups in total. The van der Waals surface area contributed by atoms with Crippen molar-refractivity contribution >= 4 is 23.5 Å². The van der Waals surface area contributed by atoms with E-state index in [-0.39, 0.29) is 11.4 Å². The zero-order valence-corrected chi connectivity index (χ0v) is 15.4. The molecule has 0 saturated carbocycles. The topological polar surface area (TPSA) is 74.6 Å². The smallest absolute Gasteiger partial charge is 0.323 e. The number of nitriles is 1. The first-order valence-electron chi connectivity index (χ1n) is 8.07. The molecular weight excluding hydrogens is 350 g/mol. The standard InChI is InChI=1S/C19H19N3O3S/c1-24-16-9-14(10-17(11-16)25-2)18-22(7-8-26-18)19(23)21-15-5-3-13(12-20)4-6-15/h3-6,9-11,18H,7-8H2,1-2H3,(H,21,23)/t18-/m1/s1. The maximum atomic E-state index is 12.7. The Morgan fingerprint density at radius 1 is 1.19 bits per heavy atom. The van der Waals surface area contributed by atoms with Crippen molar-refractivity contribution in [3.05, 3.63) is 53.6 Å². The number of rotatable bonds is 4. The summed E-state index contributed by atoms with van der Waals surface area (Å²) in [6.07, 6.45) is 0. The molecule has 1 aliphatic rings. The van der Waals surface area contributed by atoms with Gasteiger partial charge < -0.3 is 19.7 Å². The Hall–Kier alpha value is -2.85. The average Bonchev–Trinajstić information content (AvgIpc) is 3.18. The molecule has 1 atom stereocenters. The number of thioether (sulfide) groups is 1. The van der Waals surface area contributed by atoms with Crippen LogP contribution in [0.15, 0.2) is 42.5 Å². The lowest BCUT2D eigenvalue weighted by Gasteiger charge is -2.25. The number of ether oxygens (including phenoxy) is 2. The van der Waals surface area contributed by atoms with E-state index >= 15 is 0 Å². The quantitative estimate of drug-likeness (QED) is 0.886. The average molecular weight is 369 g/mol. The molecule has 7 heteroatoms. The van der Waals surface area contributed by atoms with Crippen molar-refractivity contribution in [2.24, 2.45) is 0 Å². The second-order valence-corrected chi connectivity index (χ2v) is 6.87. The van der Waals surface area contributed by atoms with Crippen molar-refractivity contribution in [1.82, 2.24) is 4.90 Å². The van der Waals surface area contributed by atoms with Crippen LogP contribution in [0.3, 0.4) is 0 Å². The minimum atomic E-state index is -0.175. The number of hydrogen-bond donors (Lipinski definition) is 1. The molecule has 1 fully saturated rings. The summed E-state index contributed by atoms with van der Waals surface area (Å²) < 4.78 is 10.7. The van der Waals surface area contributed by atoms with Crippen molar-refractivity contribution < 1.29 is 14.3 Å². The molecule has 0 spiro atoms. The first kappa shape index (κ1) is 18.0. The van der Waals surface area contributed by atoms with Crippen LogP contribution in [0.25, 0.3) is 0 Å². The molecule has 0 aliphatic carbocycles. The Bertz CT molecular complexity index is 811. The van der Waals surface area contributed by atoms with Crippen LogP contribution < -0.4 is 14.8 Å². The van der Waals surface area contributed by atoms with Gasteiger partial charge in [-0.25, -0.2) is 4.79 Å². The van der Waals surface area contributed by atoms with Crippen molar-refractivity contribution in [2.75, 3.05) is 31.8 Å². The Morgan fingerprint density at radius 3 is 2.42 bits per heavy atom. The molecule has 0 bridgehead atoms. The zero-order valence-electron chi connectivity index (χ0n) is 14.6. The highest BCUT2D eigenvalue weighted by Gasteiger charge is 2.31. The third kappa shape index (κ3) is 3.86. The number of carbonyl (C=O) groups excluding carboxylic acids is 1. The van der Waals surface area contributed by atoms with Crippen molar-refractivity contribution in [2.45, 2.75) is 5.37 Å². The zero-order chi connectivity index (χ0) is 18.5. The fourth-order valence-corrected chi connectivity index (χ4v) is 3.98. The van der Waals surface area contributed by atoms with Gasteiger partial charge >= 0.3 is 6.03 Å². The summed E-state index contributed by atoms with van der Waals surface area (Å²) in [6.45, 7) is 0.650. The van der Waals surface area contributed by atoms with Crippen LogP contribution in [0, 0.1) is 11.3 Å². The minimum Gasteiger partial charge on any atom is -0.497 e. The van der Waals surface area contributed by atoms with Crippen LogP contribution in [-0.2, 0) is 0 Å². The molecule has 26 heavy (non-hydrogen) atoms. The summed E-state index contributed by atoms with van der Waals surface area (Å²) in [6, 6.07) is 14.4. The molecule has 6 nitrogen and oxygen atoms in total. The fraction of sp³-hybridized carbons (Fsp3) is 0.263. The van der Waals surface area contributed by atoms with Gasteiger partial charge in [-0.1, -0.05) is 0 Å². The van der Waals surface area contributed by atoms with Crippen LogP contribution >= 0.6 is 11.8 Å². The molecule has 1 aliphatic heterocycles. The summed E-state index contributed by atoms with van der Waals surface area (Å²) in [5.41, 5.74) is 2.17. The molecule has 3 rings (SSSR count). The Balaban J connectivity index is 1.79. The SMILES string of the molecule is COc1cc(OC)cc([C@H]2SCCN2C(=O)Nc2ccc(C#N)cc2)c1. The number of methoxy groups -OCH3 is 2. The van der Waals surface area contributed by atoms with Gasteiger partial charge in [0.05, 0.1) is 25.9 Å². The number of carbonyl (C=O) groups is 1. The largest absolute Gasteiger partial charge is 0.497 e. The maximum Gasteiger partial charge on any atom is 0.323 e. The van der Waals surface area contributed by atoms with Gasteiger partial charge in [0.25, 0.3) is 0 Å².